The summed E-state index contributed by atoms with van der Waals surface area (Å²) in [7, 11) is 1.68. The number of fused-ring (bicyclic) bond motifs is 1. The number of hydrogen-bond donors (Lipinski definition) is 1. The number of rotatable bonds is 9. The number of carbonyl (C=O) groups is 1. The lowest BCUT2D eigenvalue weighted by Crippen LogP contribution is -2.25. The highest BCUT2D eigenvalue weighted by Crippen LogP contribution is 2.38. The van der Waals surface area contributed by atoms with Crippen molar-refractivity contribution in [3.05, 3.63) is 132 Å². The molecule has 1 N–H and O–H groups in total. The molecule has 5 nitrogen and oxygen atoms in total. The first-order valence-electron chi connectivity index (χ1n) is 12.1. The third-order valence-electron chi connectivity index (χ3n) is 6.53. The molecule has 5 heteroatoms. The standard InChI is InChI=1S/C31H29N3O2/c1-36-30-14-8-6-12-26(30)27(19-31(35)33-20-23-15-17-32-18-16-23)28-22-34(21-24-9-3-2-4-10-24)29-13-7-5-11-25(28)29/h2-18,22,27H,19-21H2,1H3,(H,33,35)/t27-/m0/s1. The number of nitrogens with one attached hydrogen (secondary N) is 1. The average Bonchev–Trinajstić information content (AvgIpc) is 3.29. The lowest BCUT2D eigenvalue weighted by Gasteiger charge is -2.20. The molecule has 0 aliphatic rings. The first-order chi connectivity index (χ1) is 17.7. The van der Waals surface area contributed by atoms with Crippen LogP contribution in [0, 0.1) is 0 Å². The highest BCUT2D eigenvalue weighted by molar-refractivity contribution is 5.87. The zero-order chi connectivity index (χ0) is 24.7. The fourth-order valence-corrected chi connectivity index (χ4v) is 4.76. The normalized spacial score (nSPS) is 11.8. The molecule has 2 heterocycles. The monoisotopic (exact) mass is 475 g/mol. The largest absolute Gasteiger partial charge is 0.496 e. The Kier molecular flexibility index (Phi) is 7.08. The number of ether oxygens (including phenoxy) is 1. The van der Waals surface area contributed by atoms with Crippen LogP contribution in [0.3, 0.4) is 0 Å². The molecule has 36 heavy (non-hydrogen) atoms. The fourth-order valence-electron chi connectivity index (χ4n) is 4.76. The maximum atomic E-state index is 13.2. The van der Waals surface area contributed by atoms with Gasteiger partial charge in [-0.2, -0.15) is 0 Å². The maximum Gasteiger partial charge on any atom is 0.221 e. The maximum absolute atomic E-state index is 13.2. The van der Waals surface area contributed by atoms with Crippen molar-refractivity contribution < 1.29 is 9.53 Å². The third-order valence-corrected chi connectivity index (χ3v) is 6.53. The summed E-state index contributed by atoms with van der Waals surface area (Å²) >= 11 is 0. The lowest BCUT2D eigenvalue weighted by atomic mass is 9.87. The number of amides is 1. The highest BCUT2D eigenvalue weighted by atomic mass is 16.5. The van der Waals surface area contributed by atoms with Crippen molar-refractivity contribution in [1.29, 1.82) is 0 Å². The number of carbonyl (C=O) groups excluding carboxylic acids is 1. The molecule has 1 amide bonds. The second kappa shape index (κ2) is 10.9. The van der Waals surface area contributed by atoms with E-state index in [4.69, 9.17) is 4.74 Å². The smallest absolute Gasteiger partial charge is 0.221 e. The SMILES string of the molecule is COc1ccccc1[C@H](CC(=O)NCc1ccncc1)c1cn(Cc2ccccc2)c2ccccc12. The fraction of sp³-hybridized carbons (Fsp3) is 0.161. The van der Waals surface area contributed by atoms with Crippen molar-refractivity contribution in [1.82, 2.24) is 14.9 Å². The Bertz CT molecular complexity index is 1440. The van der Waals surface area contributed by atoms with E-state index in [-0.39, 0.29) is 11.8 Å². The van der Waals surface area contributed by atoms with Gasteiger partial charge >= 0.3 is 0 Å². The first kappa shape index (κ1) is 23.4. The van der Waals surface area contributed by atoms with Crippen LogP contribution in [-0.4, -0.2) is 22.6 Å². The van der Waals surface area contributed by atoms with Crippen LogP contribution in [0.2, 0.25) is 0 Å². The van der Waals surface area contributed by atoms with Gasteiger partial charge in [0.25, 0.3) is 0 Å². The van der Waals surface area contributed by atoms with E-state index in [0.29, 0.717) is 13.0 Å². The molecular formula is C31H29N3O2. The van der Waals surface area contributed by atoms with Crippen molar-refractivity contribution in [3.8, 4) is 5.75 Å². The highest BCUT2D eigenvalue weighted by Gasteiger charge is 2.25. The van der Waals surface area contributed by atoms with Gasteiger partial charge in [-0.1, -0.05) is 66.7 Å². The van der Waals surface area contributed by atoms with Crippen LogP contribution in [0.25, 0.3) is 10.9 Å². The molecule has 0 aliphatic heterocycles. The zero-order valence-electron chi connectivity index (χ0n) is 20.3. The average molecular weight is 476 g/mol. The Balaban J connectivity index is 1.52. The van der Waals surface area contributed by atoms with Crippen LogP contribution in [-0.2, 0) is 17.9 Å². The van der Waals surface area contributed by atoms with Crippen LogP contribution in [0.1, 0.15) is 34.6 Å². The first-order valence-corrected chi connectivity index (χ1v) is 12.1. The summed E-state index contributed by atoms with van der Waals surface area (Å²) < 4.78 is 8.00. The number of methoxy groups -OCH3 is 1. The van der Waals surface area contributed by atoms with Crippen LogP contribution in [0.15, 0.2) is 110 Å². The Hall–Kier alpha value is -4.38. The molecule has 0 radical (unpaired) electrons. The van der Waals surface area contributed by atoms with E-state index in [1.54, 1.807) is 19.5 Å². The summed E-state index contributed by atoms with van der Waals surface area (Å²) in [5.74, 6) is 0.604. The predicted octanol–water partition coefficient (Wildman–Crippen LogP) is 5.93. The number of para-hydroxylation sites is 2. The molecule has 0 saturated heterocycles. The van der Waals surface area contributed by atoms with Gasteiger partial charge in [-0.15, -0.1) is 0 Å². The van der Waals surface area contributed by atoms with Gasteiger partial charge in [0, 0.05) is 60.5 Å². The molecule has 5 rings (SSSR count). The molecule has 0 fully saturated rings. The van der Waals surface area contributed by atoms with Crippen molar-refractivity contribution in [2.75, 3.05) is 7.11 Å². The Labute approximate surface area is 211 Å². The number of pyridine rings is 1. The summed E-state index contributed by atoms with van der Waals surface area (Å²) in [5, 5.41) is 4.23. The molecule has 180 valence electrons. The summed E-state index contributed by atoms with van der Waals surface area (Å²) in [4.78, 5) is 17.3. The van der Waals surface area contributed by atoms with Gasteiger partial charge in [-0.05, 0) is 41.0 Å². The third kappa shape index (κ3) is 5.15. The summed E-state index contributed by atoms with van der Waals surface area (Å²) in [5.41, 5.74) is 5.51. The molecular weight excluding hydrogens is 446 g/mol. The van der Waals surface area contributed by atoms with E-state index >= 15 is 0 Å². The minimum atomic E-state index is -0.166. The van der Waals surface area contributed by atoms with Crippen LogP contribution in [0.5, 0.6) is 5.75 Å². The van der Waals surface area contributed by atoms with E-state index in [0.717, 1.165) is 39.9 Å². The van der Waals surface area contributed by atoms with Gasteiger partial charge < -0.3 is 14.6 Å². The van der Waals surface area contributed by atoms with Crippen LogP contribution < -0.4 is 10.1 Å². The molecule has 0 bridgehead atoms. The summed E-state index contributed by atoms with van der Waals surface area (Å²) in [6.45, 7) is 1.23. The van der Waals surface area contributed by atoms with Crippen molar-refractivity contribution in [2.24, 2.45) is 0 Å². The number of benzene rings is 3. The number of hydrogen-bond acceptors (Lipinski definition) is 3. The van der Waals surface area contributed by atoms with Gasteiger partial charge in [-0.3, -0.25) is 9.78 Å². The molecule has 3 aromatic carbocycles. The topological polar surface area (TPSA) is 56.1 Å². The van der Waals surface area contributed by atoms with E-state index in [1.165, 1.54) is 5.56 Å². The minimum absolute atomic E-state index is 0.0115. The zero-order valence-corrected chi connectivity index (χ0v) is 20.3. The van der Waals surface area contributed by atoms with Gasteiger partial charge in [0.15, 0.2) is 0 Å². The van der Waals surface area contributed by atoms with Crippen molar-refractivity contribution in [2.45, 2.75) is 25.4 Å². The van der Waals surface area contributed by atoms with Gasteiger partial charge in [0.2, 0.25) is 5.91 Å². The van der Waals surface area contributed by atoms with E-state index in [1.807, 2.05) is 36.4 Å². The van der Waals surface area contributed by atoms with Gasteiger partial charge in [-0.25, -0.2) is 0 Å². The van der Waals surface area contributed by atoms with Crippen LogP contribution >= 0.6 is 0 Å². The Morgan fingerprint density at radius 1 is 0.861 bits per heavy atom. The molecule has 0 spiro atoms. The van der Waals surface area contributed by atoms with E-state index in [2.05, 4.69) is 75.7 Å². The molecule has 0 aliphatic carbocycles. The van der Waals surface area contributed by atoms with E-state index < -0.39 is 0 Å². The second-order valence-corrected chi connectivity index (χ2v) is 8.85. The Morgan fingerprint density at radius 2 is 1.58 bits per heavy atom. The molecule has 2 aromatic heterocycles. The second-order valence-electron chi connectivity index (χ2n) is 8.85. The summed E-state index contributed by atoms with van der Waals surface area (Å²) in [6, 6.07) is 30.6. The molecule has 5 aromatic rings. The van der Waals surface area contributed by atoms with Crippen molar-refractivity contribution in [3.63, 3.8) is 0 Å². The minimum Gasteiger partial charge on any atom is -0.496 e. The van der Waals surface area contributed by atoms with Crippen molar-refractivity contribution >= 4 is 16.8 Å². The Morgan fingerprint density at radius 3 is 2.39 bits per heavy atom. The van der Waals surface area contributed by atoms with E-state index in [9.17, 15) is 4.79 Å². The molecule has 0 saturated carbocycles. The predicted molar refractivity (Wildman–Crippen MR) is 143 cm³/mol. The quantitative estimate of drug-likeness (QED) is 0.287. The summed E-state index contributed by atoms with van der Waals surface area (Å²) in [6.07, 6.45) is 5.98. The molecule has 1 atom stereocenters. The van der Waals surface area contributed by atoms with Crippen LogP contribution in [0.4, 0.5) is 0 Å². The van der Waals surface area contributed by atoms with Gasteiger partial charge in [0.05, 0.1) is 7.11 Å². The number of nitrogens with zero attached hydrogens (tertiary/aromatic N) is 2. The molecule has 0 unspecified atom stereocenters. The van der Waals surface area contributed by atoms with Gasteiger partial charge in [0.1, 0.15) is 5.75 Å². The number of aromatic nitrogens is 2. The lowest BCUT2D eigenvalue weighted by molar-refractivity contribution is -0.121.